The molecule has 0 bridgehead atoms. The highest BCUT2D eigenvalue weighted by Gasteiger charge is 2.36. The number of hydrogen-bond donors (Lipinski definition) is 0. The Hall–Kier alpha value is -7.88. The molecule has 0 fully saturated rings. The van der Waals surface area contributed by atoms with Crippen molar-refractivity contribution in [2.45, 2.75) is 19.3 Å². The van der Waals surface area contributed by atoms with E-state index in [1.54, 1.807) is 0 Å². The Balaban J connectivity index is 1.08. The number of fused-ring (bicyclic) bond motifs is 11. The molecule has 0 N–H and O–H groups in total. The van der Waals surface area contributed by atoms with Crippen LogP contribution in [0.15, 0.2) is 223 Å². The lowest BCUT2D eigenvalue weighted by molar-refractivity contribution is 0.660. The third-order valence-electron chi connectivity index (χ3n) is 13.0. The molecule has 0 radical (unpaired) electrons. The highest BCUT2D eigenvalue weighted by molar-refractivity contribution is 6.30. The second-order valence-corrected chi connectivity index (χ2v) is 16.9. The Morgan fingerprint density at radius 3 is 1.65 bits per heavy atom. The summed E-state index contributed by atoms with van der Waals surface area (Å²) in [4.78, 5) is 4.74. The molecule has 0 saturated heterocycles. The normalized spacial score (nSPS) is 12.8. The fourth-order valence-corrected chi connectivity index (χ4v) is 10.1. The molecule has 3 nitrogen and oxygen atoms in total. The van der Waals surface area contributed by atoms with E-state index in [9.17, 15) is 0 Å². The summed E-state index contributed by atoms with van der Waals surface area (Å²) in [7, 11) is 0. The van der Waals surface area contributed by atoms with E-state index in [1.807, 2.05) is 0 Å². The number of nitrogens with zero attached hydrogens (tertiary/aromatic N) is 2. The molecular weight excluding hydrogens is 753 g/mol. The fraction of sp³-hybridized carbons (Fsp3) is 0.0508. The molecule has 0 atom stereocenters. The van der Waals surface area contributed by atoms with Crippen LogP contribution in [-0.2, 0) is 5.41 Å². The molecule has 0 saturated carbocycles. The summed E-state index contributed by atoms with van der Waals surface area (Å²) < 4.78 is 7.05. The number of furan rings is 1. The van der Waals surface area contributed by atoms with Crippen molar-refractivity contribution >= 4 is 77.6 Å². The lowest BCUT2D eigenvalue weighted by Gasteiger charge is -2.30. The second-order valence-electron chi connectivity index (χ2n) is 16.9. The van der Waals surface area contributed by atoms with Crippen LogP contribution in [-0.4, -0.2) is 0 Å². The Morgan fingerprint density at radius 2 is 0.903 bits per heavy atom. The summed E-state index contributed by atoms with van der Waals surface area (Å²) in [6.45, 7) is 4.71. The van der Waals surface area contributed by atoms with Gasteiger partial charge >= 0.3 is 0 Å². The van der Waals surface area contributed by atoms with Gasteiger partial charge in [0.25, 0.3) is 0 Å². The number of hydrogen-bond acceptors (Lipinski definition) is 3. The van der Waals surface area contributed by atoms with Crippen molar-refractivity contribution in [3.8, 4) is 22.3 Å². The monoisotopic (exact) mass is 794 g/mol. The van der Waals surface area contributed by atoms with Crippen molar-refractivity contribution < 1.29 is 4.42 Å². The molecule has 1 aliphatic carbocycles. The summed E-state index contributed by atoms with van der Waals surface area (Å²) in [6.07, 6.45) is 0. The maximum Gasteiger partial charge on any atom is 0.143 e. The highest BCUT2D eigenvalue weighted by Crippen LogP contribution is 2.52. The van der Waals surface area contributed by atoms with Gasteiger partial charge in [-0.15, -0.1) is 0 Å². The van der Waals surface area contributed by atoms with Crippen LogP contribution in [0.3, 0.4) is 0 Å². The number of anilines is 6. The first-order valence-corrected chi connectivity index (χ1v) is 21.4. The van der Waals surface area contributed by atoms with E-state index < -0.39 is 0 Å². The largest absolute Gasteiger partial charge is 0.455 e. The quantitative estimate of drug-likeness (QED) is 0.150. The molecule has 10 aromatic carbocycles. The summed E-state index contributed by atoms with van der Waals surface area (Å²) in [5.74, 6) is 0. The van der Waals surface area contributed by atoms with Gasteiger partial charge in [0.15, 0.2) is 0 Å². The first kappa shape index (κ1) is 36.0. The third-order valence-corrected chi connectivity index (χ3v) is 13.0. The predicted molar refractivity (Wildman–Crippen MR) is 261 cm³/mol. The molecule has 11 aromatic rings. The van der Waals surface area contributed by atoms with E-state index in [2.05, 4.69) is 242 Å². The van der Waals surface area contributed by atoms with Gasteiger partial charge in [-0.05, 0) is 117 Å². The molecule has 1 aromatic heterocycles. The van der Waals surface area contributed by atoms with E-state index in [4.69, 9.17) is 4.42 Å². The lowest BCUT2D eigenvalue weighted by Crippen LogP contribution is -2.16. The van der Waals surface area contributed by atoms with E-state index in [0.29, 0.717) is 0 Å². The van der Waals surface area contributed by atoms with Crippen LogP contribution in [0.1, 0.15) is 25.0 Å². The maximum atomic E-state index is 7.05. The Kier molecular flexibility index (Phi) is 8.20. The molecule has 0 amide bonds. The van der Waals surface area contributed by atoms with Crippen LogP contribution >= 0.6 is 0 Å². The van der Waals surface area contributed by atoms with E-state index in [-0.39, 0.29) is 5.41 Å². The van der Waals surface area contributed by atoms with Gasteiger partial charge in [-0.1, -0.05) is 153 Å². The van der Waals surface area contributed by atoms with E-state index >= 15 is 0 Å². The molecule has 1 heterocycles. The molecule has 0 unspecified atom stereocenters. The van der Waals surface area contributed by atoms with Crippen LogP contribution in [0, 0.1) is 0 Å². The number of rotatable bonds is 7. The molecular formula is C59H42N2O. The van der Waals surface area contributed by atoms with Gasteiger partial charge in [0, 0.05) is 61.6 Å². The maximum absolute atomic E-state index is 7.05. The molecule has 294 valence electrons. The van der Waals surface area contributed by atoms with Crippen molar-refractivity contribution in [2.75, 3.05) is 9.80 Å². The third kappa shape index (κ3) is 5.59. The van der Waals surface area contributed by atoms with Gasteiger partial charge in [-0.3, -0.25) is 0 Å². The van der Waals surface area contributed by atoms with Crippen LogP contribution in [0.25, 0.3) is 65.7 Å². The average molecular weight is 795 g/mol. The zero-order chi connectivity index (χ0) is 41.4. The number of para-hydroxylation sites is 3. The van der Waals surface area contributed by atoms with Crippen LogP contribution in [0.4, 0.5) is 34.1 Å². The van der Waals surface area contributed by atoms with Crippen LogP contribution < -0.4 is 9.80 Å². The molecule has 3 heteroatoms. The van der Waals surface area contributed by atoms with Crippen molar-refractivity contribution in [1.29, 1.82) is 0 Å². The van der Waals surface area contributed by atoms with Gasteiger partial charge < -0.3 is 14.2 Å². The van der Waals surface area contributed by atoms with Crippen molar-refractivity contribution in [3.05, 3.63) is 230 Å². The second kappa shape index (κ2) is 14.1. The summed E-state index contributed by atoms with van der Waals surface area (Å²) >= 11 is 0. The van der Waals surface area contributed by atoms with Gasteiger partial charge in [0.05, 0.1) is 5.69 Å². The molecule has 1 aliphatic rings. The number of benzene rings is 10. The van der Waals surface area contributed by atoms with Gasteiger partial charge in [0.2, 0.25) is 0 Å². The standard InChI is InChI=1S/C59H42N2O/c1-59(2)53-28-16-14-26-47(53)48-33-30-43(37-54(48)59)61(55-29-17-15-24-45(55)39-18-6-3-7-19-39)42-31-34-50-52(36-42)46-25-12-13-27-49(46)57-51-35-32-44(38-56(51)62-58(50)57)60(40-20-8-4-9-21-40)41-22-10-5-11-23-41/h3-38H,1-2H3. The minimum atomic E-state index is -0.141. The van der Waals surface area contributed by atoms with Gasteiger partial charge in [-0.25, -0.2) is 0 Å². The smallest absolute Gasteiger partial charge is 0.143 e. The fourth-order valence-electron chi connectivity index (χ4n) is 10.1. The summed E-state index contributed by atoms with van der Waals surface area (Å²) in [5.41, 5.74) is 15.8. The van der Waals surface area contributed by atoms with Crippen LogP contribution in [0.5, 0.6) is 0 Å². The average Bonchev–Trinajstić information content (AvgIpc) is 3.82. The molecule has 12 rings (SSSR count). The first-order chi connectivity index (χ1) is 30.5. The van der Waals surface area contributed by atoms with E-state index in [0.717, 1.165) is 66.8 Å². The molecule has 0 spiro atoms. The molecule has 0 aliphatic heterocycles. The first-order valence-electron chi connectivity index (χ1n) is 21.4. The lowest BCUT2D eigenvalue weighted by atomic mass is 9.82. The van der Waals surface area contributed by atoms with E-state index in [1.165, 1.54) is 44.2 Å². The topological polar surface area (TPSA) is 19.6 Å². The van der Waals surface area contributed by atoms with Crippen molar-refractivity contribution in [3.63, 3.8) is 0 Å². The minimum absolute atomic E-state index is 0.141. The zero-order valence-corrected chi connectivity index (χ0v) is 34.6. The Bertz CT molecular complexity index is 3460. The van der Waals surface area contributed by atoms with Gasteiger partial charge in [-0.2, -0.15) is 0 Å². The van der Waals surface area contributed by atoms with Crippen molar-refractivity contribution in [1.82, 2.24) is 0 Å². The zero-order valence-electron chi connectivity index (χ0n) is 34.6. The Morgan fingerprint density at radius 1 is 0.355 bits per heavy atom. The molecule has 62 heavy (non-hydrogen) atoms. The summed E-state index contributed by atoms with van der Waals surface area (Å²) in [6, 6.07) is 78.9. The van der Waals surface area contributed by atoms with Crippen LogP contribution in [0.2, 0.25) is 0 Å². The van der Waals surface area contributed by atoms with Crippen molar-refractivity contribution in [2.24, 2.45) is 0 Å². The van der Waals surface area contributed by atoms with Gasteiger partial charge in [0.1, 0.15) is 11.2 Å². The minimum Gasteiger partial charge on any atom is -0.455 e. The SMILES string of the molecule is CC1(C)c2ccccc2-c2ccc(N(c3ccc4c(c3)c3ccccc3c3c5ccc(N(c6ccccc6)c6ccccc6)cc5oc43)c3ccccc3-c3ccccc3)cc21. The highest BCUT2D eigenvalue weighted by atomic mass is 16.3. The predicted octanol–water partition coefficient (Wildman–Crippen LogP) is 16.8. The Labute approximate surface area is 361 Å². The summed E-state index contributed by atoms with van der Waals surface area (Å²) in [5, 5.41) is 6.85.